The second kappa shape index (κ2) is 9.56. The first-order valence-corrected chi connectivity index (χ1v) is 10.1. The van der Waals surface area contributed by atoms with Crippen molar-refractivity contribution in [3.8, 4) is 0 Å². The molecule has 1 aromatic heterocycles. The molecule has 4 N–H and O–H groups in total. The molecule has 1 aliphatic heterocycles. The number of benzene rings is 1. The van der Waals surface area contributed by atoms with Crippen molar-refractivity contribution in [2.75, 3.05) is 31.1 Å². The van der Waals surface area contributed by atoms with E-state index in [1.807, 2.05) is 12.1 Å². The average molecular weight is 396 g/mol. The van der Waals surface area contributed by atoms with Crippen molar-refractivity contribution in [3.05, 3.63) is 52.8 Å². The third-order valence-electron chi connectivity index (χ3n) is 5.17. The molecule has 2 heterocycles. The van der Waals surface area contributed by atoms with Crippen LogP contribution >= 0.6 is 0 Å². The number of hydrogen-bond donors (Lipinski definition) is 2. The highest BCUT2D eigenvalue weighted by molar-refractivity contribution is 6.01. The number of piperazine rings is 1. The second-order valence-corrected chi connectivity index (χ2v) is 7.98. The molecule has 0 spiro atoms. The number of anilines is 1. The van der Waals surface area contributed by atoms with Gasteiger partial charge in [-0.25, -0.2) is 0 Å². The largest absolute Gasteiger partial charge is 0.368 e. The van der Waals surface area contributed by atoms with Gasteiger partial charge in [0, 0.05) is 44.1 Å². The van der Waals surface area contributed by atoms with Crippen LogP contribution in [0, 0.1) is 12.8 Å². The first-order valence-electron chi connectivity index (χ1n) is 10.1. The summed E-state index contributed by atoms with van der Waals surface area (Å²) in [5.74, 6) is 6.20. The number of nitrogens with two attached hydrogens (primary N) is 2. The smallest absolute Gasteiger partial charge is 0.353 e. The van der Waals surface area contributed by atoms with Crippen molar-refractivity contribution >= 4 is 11.5 Å². The lowest BCUT2D eigenvalue weighted by Gasteiger charge is -2.36. The molecule has 0 radical (unpaired) electrons. The summed E-state index contributed by atoms with van der Waals surface area (Å²) in [6.07, 6.45) is 2.73. The minimum Gasteiger partial charge on any atom is -0.368 e. The van der Waals surface area contributed by atoms with Crippen molar-refractivity contribution in [2.24, 2.45) is 22.1 Å². The fourth-order valence-electron chi connectivity index (χ4n) is 3.92. The van der Waals surface area contributed by atoms with Crippen LogP contribution in [-0.2, 0) is 13.0 Å². The zero-order chi connectivity index (χ0) is 20.8. The molecular formula is C21H31N8+. The van der Waals surface area contributed by atoms with Gasteiger partial charge in [0.25, 0.3) is 0 Å². The monoisotopic (exact) mass is 395 g/mol. The van der Waals surface area contributed by atoms with Crippen LogP contribution in [0.4, 0.5) is 5.69 Å². The minimum atomic E-state index is 0.359. The summed E-state index contributed by atoms with van der Waals surface area (Å²) in [7, 11) is 0. The van der Waals surface area contributed by atoms with E-state index in [4.69, 9.17) is 11.3 Å². The number of hydrogen-bond acceptors (Lipinski definition) is 5. The molecule has 0 saturated carbocycles. The summed E-state index contributed by atoms with van der Waals surface area (Å²) in [6.45, 7) is 11.1. The lowest BCUT2D eigenvalue weighted by atomic mass is 9.95. The van der Waals surface area contributed by atoms with Gasteiger partial charge in [-0.1, -0.05) is 19.9 Å². The van der Waals surface area contributed by atoms with Crippen molar-refractivity contribution in [3.63, 3.8) is 0 Å². The molecule has 1 aromatic carbocycles. The van der Waals surface area contributed by atoms with Crippen LogP contribution in [-0.4, -0.2) is 47.1 Å². The van der Waals surface area contributed by atoms with Gasteiger partial charge in [-0.15, -0.1) is 0 Å². The molecule has 0 unspecified atom stereocenters. The van der Waals surface area contributed by atoms with Gasteiger partial charge in [0.15, 0.2) is 0 Å². The zero-order valence-electron chi connectivity index (χ0n) is 17.5. The predicted octanol–water partition coefficient (Wildman–Crippen LogP) is 1.14. The summed E-state index contributed by atoms with van der Waals surface area (Å²) < 4.78 is 0. The first kappa shape index (κ1) is 20.9. The van der Waals surface area contributed by atoms with Crippen LogP contribution in [0.5, 0.6) is 0 Å². The molecule has 8 heteroatoms. The van der Waals surface area contributed by atoms with Crippen LogP contribution in [0.25, 0.3) is 0 Å². The number of rotatable bonds is 6. The van der Waals surface area contributed by atoms with Crippen LogP contribution in [0.2, 0.25) is 0 Å². The van der Waals surface area contributed by atoms with E-state index < -0.39 is 0 Å². The molecule has 154 valence electrons. The van der Waals surface area contributed by atoms with Gasteiger partial charge in [-0.05, 0) is 48.6 Å². The molecule has 1 saturated heterocycles. The van der Waals surface area contributed by atoms with Gasteiger partial charge in [-0.2, -0.15) is 10.2 Å². The lowest BCUT2D eigenvalue weighted by molar-refractivity contribution is -0.114. The van der Waals surface area contributed by atoms with Crippen LogP contribution < -0.4 is 16.2 Å². The Hall–Kier alpha value is -2.87. The Morgan fingerprint density at radius 1 is 1.24 bits per heavy atom. The molecule has 3 rings (SSSR count). The molecule has 8 nitrogen and oxygen atoms in total. The van der Waals surface area contributed by atoms with E-state index in [2.05, 4.69) is 63.2 Å². The molecule has 1 fully saturated rings. The van der Waals surface area contributed by atoms with E-state index in [9.17, 15) is 0 Å². The maximum absolute atomic E-state index is 6.22. The molecule has 0 atom stereocenters. The van der Waals surface area contributed by atoms with Crippen LogP contribution in [0.1, 0.15) is 36.2 Å². The molecule has 0 amide bonds. The highest BCUT2D eigenvalue weighted by Crippen LogP contribution is 2.29. The zero-order valence-corrected chi connectivity index (χ0v) is 17.5. The van der Waals surface area contributed by atoms with Gasteiger partial charge >= 0.3 is 5.84 Å². The topological polar surface area (TPSA) is 109 Å². The van der Waals surface area contributed by atoms with Crippen molar-refractivity contribution in [2.45, 2.75) is 33.7 Å². The van der Waals surface area contributed by atoms with E-state index in [1.54, 1.807) is 6.20 Å². The average Bonchev–Trinajstić information content (AvgIpc) is 2.68. The molecule has 0 bridgehead atoms. The van der Waals surface area contributed by atoms with Gasteiger partial charge in [0.1, 0.15) is 0 Å². The van der Waals surface area contributed by atoms with Crippen molar-refractivity contribution < 1.29 is 5.41 Å². The van der Waals surface area contributed by atoms with Crippen LogP contribution in [0.15, 0.2) is 40.8 Å². The highest BCUT2D eigenvalue weighted by Gasteiger charge is 2.25. The maximum Gasteiger partial charge on any atom is 0.353 e. The number of aryl methyl sites for hydroxylation is 1. The Bertz CT molecular complexity index is 854. The normalized spacial score (nSPS) is 15.4. The van der Waals surface area contributed by atoms with Gasteiger partial charge in [0.05, 0.1) is 22.1 Å². The fourth-order valence-corrected chi connectivity index (χ4v) is 3.92. The summed E-state index contributed by atoms with van der Waals surface area (Å²) in [5, 5.41) is 21.7. The first-order chi connectivity index (χ1) is 14.0. The Labute approximate surface area is 172 Å². The van der Waals surface area contributed by atoms with E-state index in [0.717, 1.165) is 61.7 Å². The van der Waals surface area contributed by atoms with E-state index >= 15 is 0 Å². The summed E-state index contributed by atoms with van der Waals surface area (Å²) >= 11 is 0. The van der Waals surface area contributed by atoms with Crippen LogP contribution in [0.3, 0.4) is 0 Å². The Kier molecular flexibility index (Phi) is 6.87. The second-order valence-electron chi connectivity index (χ2n) is 7.98. The molecule has 29 heavy (non-hydrogen) atoms. The summed E-state index contributed by atoms with van der Waals surface area (Å²) in [6, 6.07) is 8.39. The quantitative estimate of drug-likeness (QED) is 0.251. The molecule has 2 aromatic rings. The minimum absolute atomic E-state index is 0.359. The van der Waals surface area contributed by atoms with E-state index in [-0.39, 0.29) is 0 Å². The third-order valence-corrected chi connectivity index (χ3v) is 5.17. The summed E-state index contributed by atoms with van der Waals surface area (Å²) in [5.41, 5.74) is 5.46. The number of aromatic nitrogens is 2. The Morgan fingerprint density at radius 2 is 2.00 bits per heavy atom. The molecule has 0 aliphatic carbocycles. The van der Waals surface area contributed by atoms with E-state index in [0.29, 0.717) is 11.8 Å². The standard InChI is InChI=1S/C21H30N8/c1-15(2)11-17-12-16(3)20(21(22)26-27-23)19(13-17)29-9-7-28(8-10-29)14-18-5-4-6-24-25-18/h4-6,12-13,15H,7-11,14H2,1-3H3,(H3,22,23,26)/p+1. The number of nitrogens with zero attached hydrogens (tertiary/aromatic N) is 6. The predicted molar refractivity (Wildman–Crippen MR) is 114 cm³/mol. The van der Waals surface area contributed by atoms with Crippen molar-refractivity contribution in [1.82, 2.24) is 15.1 Å². The number of amidine groups is 1. The lowest BCUT2D eigenvalue weighted by Crippen LogP contribution is -2.47. The van der Waals surface area contributed by atoms with Gasteiger partial charge in [-0.3, -0.25) is 16.2 Å². The van der Waals surface area contributed by atoms with E-state index in [1.165, 1.54) is 5.56 Å². The fraction of sp³-hybridized carbons (Fsp3) is 0.476. The molecule has 1 aliphatic rings. The van der Waals surface area contributed by atoms with Gasteiger partial charge < -0.3 is 4.90 Å². The SMILES string of the molecule is Cc1cc(CC(C)C)cc(N2CCN(Cc3cccnn3)CC2)c1C(=[NH2+])N=NN. The summed E-state index contributed by atoms with van der Waals surface area (Å²) in [4.78, 5) is 4.79. The highest BCUT2D eigenvalue weighted by atomic mass is 15.3. The Balaban J connectivity index is 1.81. The maximum atomic E-state index is 6.22. The third kappa shape index (κ3) is 5.35. The molecular weight excluding hydrogens is 364 g/mol. The van der Waals surface area contributed by atoms with Crippen molar-refractivity contribution in [1.29, 1.82) is 0 Å². The Morgan fingerprint density at radius 3 is 2.62 bits per heavy atom. The van der Waals surface area contributed by atoms with Gasteiger partial charge in [0.2, 0.25) is 0 Å².